The number of carbonyl (C=O) groups excluding carboxylic acids is 1. The molecule has 0 saturated carbocycles. The van der Waals surface area contributed by atoms with E-state index in [2.05, 4.69) is 92.9 Å². The van der Waals surface area contributed by atoms with Crippen LogP contribution in [0.3, 0.4) is 0 Å². The molecule has 5 rings (SSSR count). The molecule has 1 aliphatic rings. The fourth-order valence-electron chi connectivity index (χ4n) is 5.24. The Bertz CT molecular complexity index is 1350. The standard InChI is InChI=1S/C31H35N3O2/c1-21(2)24-10-12-27(13-11-24)36-15-7-14-33-29-9-6-5-8-28(29)32-31(33)25-19-30(35)34(20-25)26-17-22(3)16-23(4)18-26/h5-6,8-13,16-18,21,25H,7,14-15,19-20H2,1-4H3. The van der Waals surface area contributed by atoms with E-state index < -0.39 is 0 Å². The average molecular weight is 482 g/mol. The van der Waals surface area contributed by atoms with Gasteiger partial charge in [0.2, 0.25) is 5.91 Å². The highest BCUT2D eigenvalue weighted by atomic mass is 16.5. The Morgan fingerprint density at radius 1 is 1.00 bits per heavy atom. The fraction of sp³-hybridized carbons (Fsp3) is 0.355. The number of hydrogen-bond acceptors (Lipinski definition) is 3. The van der Waals surface area contributed by atoms with Crippen LogP contribution >= 0.6 is 0 Å². The molecule has 3 aromatic carbocycles. The molecule has 1 aromatic heterocycles. The van der Waals surface area contributed by atoms with Gasteiger partial charge in [0.25, 0.3) is 0 Å². The van der Waals surface area contributed by atoms with Crippen LogP contribution in [-0.2, 0) is 11.3 Å². The molecule has 4 aromatic rings. The monoisotopic (exact) mass is 481 g/mol. The Kier molecular flexibility index (Phi) is 6.82. The summed E-state index contributed by atoms with van der Waals surface area (Å²) in [6.07, 6.45) is 1.34. The first-order valence-electron chi connectivity index (χ1n) is 13.0. The predicted molar refractivity (Wildman–Crippen MR) is 146 cm³/mol. The fourth-order valence-corrected chi connectivity index (χ4v) is 5.24. The number of imidazole rings is 1. The van der Waals surface area contributed by atoms with Crippen LogP contribution in [0.25, 0.3) is 11.0 Å². The maximum Gasteiger partial charge on any atom is 0.227 e. The van der Waals surface area contributed by atoms with Crippen molar-refractivity contribution in [3.05, 3.63) is 89.2 Å². The van der Waals surface area contributed by atoms with Crippen molar-refractivity contribution in [3.63, 3.8) is 0 Å². The van der Waals surface area contributed by atoms with Crippen molar-refractivity contribution in [1.82, 2.24) is 9.55 Å². The molecule has 0 radical (unpaired) electrons. The minimum Gasteiger partial charge on any atom is -0.494 e. The molecule has 2 heterocycles. The SMILES string of the molecule is Cc1cc(C)cc(N2CC(c3nc4ccccc4n3CCCOc3ccc(C(C)C)cc3)CC2=O)c1. The molecule has 0 aliphatic carbocycles. The van der Waals surface area contributed by atoms with E-state index in [0.29, 0.717) is 25.5 Å². The lowest BCUT2D eigenvalue weighted by atomic mass is 10.0. The molecule has 1 aliphatic heterocycles. The second-order valence-electron chi connectivity index (χ2n) is 10.3. The highest BCUT2D eigenvalue weighted by Gasteiger charge is 2.35. The molecule has 5 nitrogen and oxygen atoms in total. The third kappa shape index (κ3) is 5.01. The maximum absolute atomic E-state index is 13.1. The lowest BCUT2D eigenvalue weighted by molar-refractivity contribution is -0.117. The summed E-state index contributed by atoms with van der Waals surface area (Å²) in [6, 6.07) is 23.0. The van der Waals surface area contributed by atoms with Crippen LogP contribution in [-0.4, -0.2) is 28.6 Å². The van der Waals surface area contributed by atoms with Gasteiger partial charge in [0, 0.05) is 31.1 Å². The van der Waals surface area contributed by atoms with Crippen LogP contribution in [0.15, 0.2) is 66.7 Å². The number of aryl methyl sites for hydroxylation is 3. The van der Waals surface area contributed by atoms with E-state index in [4.69, 9.17) is 9.72 Å². The summed E-state index contributed by atoms with van der Waals surface area (Å²) >= 11 is 0. The Morgan fingerprint density at radius 2 is 1.72 bits per heavy atom. The number of hydrogen-bond donors (Lipinski definition) is 0. The van der Waals surface area contributed by atoms with Gasteiger partial charge in [-0.3, -0.25) is 4.79 Å². The van der Waals surface area contributed by atoms with Gasteiger partial charge in [0.05, 0.1) is 17.6 Å². The van der Waals surface area contributed by atoms with E-state index in [0.717, 1.165) is 41.3 Å². The van der Waals surface area contributed by atoms with Crippen LogP contribution in [0.4, 0.5) is 5.69 Å². The molecule has 1 atom stereocenters. The molecule has 0 N–H and O–H groups in total. The molecule has 1 amide bonds. The third-order valence-electron chi connectivity index (χ3n) is 7.03. The van der Waals surface area contributed by atoms with E-state index in [9.17, 15) is 4.79 Å². The van der Waals surface area contributed by atoms with E-state index in [1.54, 1.807) is 0 Å². The number of para-hydroxylation sites is 2. The molecule has 0 spiro atoms. The zero-order valence-corrected chi connectivity index (χ0v) is 21.7. The smallest absolute Gasteiger partial charge is 0.227 e. The van der Waals surface area contributed by atoms with Crippen molar-refractivity contribution >= 4 is 22.6 Å². The highest BCUT2D eigenvalue weighted by Crippen LogP contribution is 2.34. The van der Waals surface area contributed by atoms with E-state index in [1.165, 1.54) is 16.7 Å². The number of anilines is 1. The molecule has 36 heavy (non-hydrogen) atoms. The number of nitrogens with zero attached hydrogens (tertiary/aromatic N) is 3. The van der Waals surface area contributed by atoms with Gasteiger partial charge in [0.1, 0.15) is 11.6 Å². The molecular formula is C31H35N3O2. The van der Waals surface area contributed by atoms with Gasteiger partial charge in [-0.25, -0.2) is 4.98 Å². The number of aromatic nitrogens is 2. The number of fused-ring (bicyclic) bond motifs is 1. The van der Waals surface area contributed by atoms with Gasteiger partial charge in [0.15, 0.2) is 0 Å². The largest absolute Gasteiger partial charge is 0.494 e. The summed E-state index contributed by atoms with van der Waals surface area (Å²) in [5, 5.41) is 0. The van der Waals surface area contributed by atoms with Crippen LogP contribution < -0.4 is 9.64 Å². The number of amides is 1. The number of benzene rings is 3. The van der Waals surface area contributed by atoms with Gasteiger partial charge < -0.3 is 14.2 Å². The molecule has 1 saturated heterocycles. The average Bonchev–Trinajstić information content (AvgIpc) is 3.42. The Labute approximate surface area is 213 Å². The molecular weight excluding hydrogens is 446 g/mol. The van der Waals surface area contributed by atoms with Gasteiger partial charge in [-0.2, -0.15) is 0 Å². The summed E-state index contributed by atoms with van der Waals surface area (Å²) in [5.74, 6) is 2.64. The molecule has 1 unspecified atom stereocenters. The van der Waals surface area contributed by atoms with E-state index >= 15 is 0 Å². The van der Waals surface area contributed by atoms with Crippen LogP contribution in [0.1, 0.15) is 61.0 Å². The van der Waals surface area contributed by atoms with Crippen molar-refractivity contribution in [1.29, 1.82) is 0 Å². The Hall–Kier alpha value is -3.60. The summed E-state index contributed by atoms with van der Waals surface area (Å²) in [5.41, 5.74) is 6.75. The minimum atomic E-state index is 0.0650. The topological polar surface area (TPSA) is 47.4 Å². The number of ether oxygens (including phenoxy) is 1. The Morgan fingerprint density at radius 3 is 2.44 bits per heavy atom. The van der Waals surface area contributed by atoms with E-state index in [-0.39, 0.29) is 11.8 Å². The molecule has 1 fully saturated rings. The lowest BCUT2D eigenvalue weighted by Gasteiger charge is -2.19. The molecule has 5 heteroatoms. The number of rotatable bonds is 8. The van der Waals surface area contributed by atoms with Gasteiger partial charge in [-0.05, 0) is 79.3 Å². The first kappa shape index (κ1) is 24.1. The normalized spacial score (nSPS) is 15.9. The number of carbonyl (C=O) groups is 1. The van der Waals surface area contributed by atoms with Crippen molar-refractivity contribution in [2.75, 3.05) is 18.1 Å². The summed E-state index contributed by atoms with van der Waals surface area (Å²) in [4.78, 5) is 20.0. The van der Waals surface area contributed by atoms with Crippen LogP contribution in [0, 0.1) is 13.8 Å². The maximum atomic E-state index is 13.1. The Balaban J connectivity index is 1.32. The highest BCUT2D eigenvalue weighted by molar-refractivity contribution is 5.96. The third-order valence-corrected chi connectivity index (χ3v) is 7.03. The zero-order valence-electron chi connectivity index (χ0n) is 21.7. The van der Waals surface area contributed by atoms with Gasteiger partial charge in [-0.15, -0.1) is 0 Å². The predicted octanol–water partition coefficient (Wildman–Crippen LogP) is 6.77. The minimum absolute atomic E-state index is 0.0650. The zero-order chi connectivity index (χ0) is 25.2. The quantitative estimate of drug-likeness (QED) is 0.261. The summed E-state index contributed by atoms with van der Waals surface area (Å²) in [7, 11) is 0. The van der Waals surface area contributed by atoms with Crippen molar-refractivity contribution in [2.45, 2.75) is 58.9 Å². The van der Waals surface area contributed by atoms with Gasteiger partial charge >= 0.3 is 0 Å². The van der Waals surface area contributed by atoms with Crippen LogP contribution in [0.5, 0.6) is 5.75 Å². The second kappa shape index (κ2) is 10.2. The molecule has 0 bridgehead atoms. The summed E-state index contributed by atoms with van der Waals surface area (Å²) < 4.78 is 8.33. The molecule has 186 valence electrons. The van der Waals surface area contributed by atoms with Crippen LogP contribution in [0.2, 0.25) is 0 Å². The van der Waals surface area contributed by atoms with E-state index in [1.807, 2.05) is 11.0 Å². The first-order chi connectivity index (χ1) is 17.4. The second-order valence-corrected chi connectivity index (χ2v) is 10.3. The van der Waals surface area contributed by atoms with Crippen molar-refractivity contribution in [3.8, 4) is 5.75 Å². The summed E-state index contributed by atoms with van der Waals surface area (Å²) in [6.45, 7) is 10.6. The first-order valence-corrected chi connectivity index (χ1v) is 13.0. The van der Waals surface area contributed by atoms with Gasteiger partial charge in [-0.1, -0.05) is 44.2 Å². The lowest BCUT2D eigenvalue weighted by Crippen LogP contribution is -2.24. The van der Waals surface area contributed by atoms with Crippen molar-refractivity contribution in [2.24, 2.45) is 0 Å². The van der Waals surface area contributed by atoms with Crippen molar-refractivity contribution < 1.29 is 9.53 Å².